The summed E-state index contributed by atoms with van der Waals surface area (Å²) in [6.07, 6.45) is -19.3. The number of fused-ring (bicyclic) bond motifs is 2. The monoisotopic (exact) mass is 1380 g/mol. The summed E-state index contributed by atoms with van der Waals surface area (Å²) in [7, 11) is 0. The minimum Gasteiger partial charge on any atom is -0.459 e. The highest BCUT2D eigenvalue weighted by molar-refractivity contribution is 5.79. The minimum atomic E-state index is -1.73. The van der Waals surface area contributed by atoms with Crippen molar-refractivity contribution in [3.8, 4) is 0 Å². The average Bonchev–Trinajstić information content (AvgIpc) is 1.70. The molecule has 2 amide bonds. The normalized spacial score (nSPS) is 25.6. The zero-order valence-electron chi connectivity index (χ0n) is 56.2. The molecule has 4 aliphatic heterocycles. The number of amides is 2. The van der Waals surface area contributed by atoms with Gasteiger partial charge >= 0.3 is 18.0 Å². The Hall–Kier alpha value is -9.04. The van der Waals surface area contributed by atoms with Gasteiger partial charge < -0.3 is 81.7 Å². The second-order valence-corrected chi connectivity index (χ2v) is 25.0. The summed E-state index contributed by atoms with van der Waals surface area (Å²) in [4.78, 5) is 58.1. The molecule has 0 radical (unpaired) electrons. The van der Waals surface area contributed by atoms with Gasteiger partial charge in [0.2, 0.25) is 5.91 Å². The number of carbonyl (C=O) groups is 4. The Morgan fingerprint density at radius 1 is 0.396 bits per heavy atom. The van der Waals surface area contributed by atoms with Crippen molar-refractivity contribution in [1.82, 2.24) is 10.6 Å². The lowest BCUT2D eigenvalue weighted by molar-refractivity contribution is -0.370. The fraction of sp³-hybridized carbons (Fsp3) is 0.350. The van der Waals surface area contributed by atoms with Gasteiger partial charge in [0.1, 0.15) is 62.0 Å². The topological polar surface area (TPSA) is 231 Å². The van der Waals surface area contributed by atoms with Crippen LogP contribution in [0.25, 0.3) is 0 Å². The molecule has 0 saturated carbocycles. The van der Waals surface area contributed by atoms with Crippen LogP contribution in [0, 0.1) is 0 Å². The SMILES string of the molecule is CC(=O)N[C@H]1[C@@H](OC[C@@H](COCc2ccccc2)OCc2ccccc2)O[C@H](C)[C@H](NC(=O)OCc2ccccc2)[C@@H]1O[C@H]1O[C@H](C(=O)OCc2ccccc2)[C@H](OCc2ccccc2)[C@H](OC2O[C@@H]3C(=O)O[C@@H]([C@H]3OCc3ccccc3)[C@H]2OCc2ccccc2)[C@H]1OCc1ccccc1. The molecule has 21 heteroatoms. The Morgan fingerprint density at radius 2 is 0.812 bits per heavy atom. The molecule has 1 unspecified atom stereocenters. The molecule has 0 spiro atoms. The maximum absolute atomic E-state index is 15.5. The van der Waals surface area contributed by atoms with Crippen molar-refractivity contribution >= 4 is 23.9 Å². The molecule has 4 aliphatic rings. The van der Waals surface area contributed by atoms with Gasteiger partial charge in [-0.2, -0.15) is 0 Å². The molecule has 0 aliphatic carbocycles. The van der Waals surface area contributed by atoms with Crippen LogP contribution in [-0.4, -0.2) is 135 Å². The second-order valence-electron chi connectivity index (χ2n) is 25.0. The molecule has 4 fully saturated rings. The summed E-state index contributed by atoms with van der Waals surface area (Å²) < 4.78 is 101. The van der Waals surface area contributed by atoms with Gasteiger partial charge in [-0.1, -0.05) is 243 Å². The van der Waals surface area contributed by atoms with Crippen LogP contribution in [0.2, 0.25) is 0 Å². The number of hydrogen-bond donors (Lipinski definition) is 2. The summed E-state index contributed by atoms with van der Waals surface area (Å²) in [5.74, 6) is -2.13. The maximum Gasteiger partial charge on any atom is 0.407 e. The lowest BCUT2D eigenvalue weighted by Crippen LogP contribution is -2.71. The molecule has 528 valence electrons. The standard InChI is InChI=1S/C80H84N2O19/c1-53-64(82-80(86)95-50-62-41-25-10-26-42-62)66(65(81-54(2)83)77(96-53)94-52-63(88-44-56-29-13-4-14-30-56)51-87-43-55-27-11-3-12-28-55)98-78-74(92-48-60-37-21-8-22-38-60)70(68(90-46-58-33-17-6-18-34-58)71(100-78)75(84)93-49-61-39-23-9-24-40-61)99-79-73(91-47-59-35-19-7-20-36-59)69-67(72(101-79)76(85)97-69)89-45-57-31-15-5-16-32-57/h3-42,53,63-74,77-79H,43-52H2,1-2H3,(H,81,83)(H,82,86)/t53-,63-,64+,65-,66+,67-,68-,69+,70+,71+,72+,73-,74-,77+,78+,79?/m1/s1. The molecular weight excluding hydrogens is 1290 g/mol. The highest BCUT2D eigenvalue weighted by Crippen LogP contribution is 2.41. The van der Waals surface area contributed by atoms with E-state index in [9.17, 15) is 14.4 Å². The predicted octanol–water partition coefficient (Wildman–Crippen LogP) is 10.6. The molecule has 21 nitrogen and oxygen atoms in total. The number of esters is 2. The van der Waals surface area contributed by atoms with Gasteiger partial charge in [-0.15, -0.1) is 0 Å². The molecule has 0 aromatic heterocycles. The average molecular weight is 1380 g/mol. The van der Waals surface area contributed by atoms with Crippen LogP contribution in [-0.2, 0) is 138 Å². The third-order valence-corrected chi connectivity index (χ3v) is 17.6. The van der Waals surface area contributed by atoms with E-state index in [2.05, 4.69) is 10.6 Å². The molecule has 4 heterocycles. The molecule has 8 aromatic rings. The van der Waals surface area contributed by atoms with E-state index in [1.165, 1.54) is 6.92 Å². The van der Waals surface area contributed by atoms with Crippen LogP contribution >= 0.6 is 0 Å². The van der Waals surface area contributed by atoms with Crippen LogP contribution in [0.5, 0.6) is 0 Å². The van der Waals surface area contributed by atoms with Gasteiger partial charge in [0.15, 0.2) is 37.2 Å². The summed E-state index contributed by atoms with van der Waals surface area (Å²) in [5.41, 5.74) is 6.31. The second kappa shape index (κ2) is 36.5. The molecule has 12 rings (SSSR count). The Kier molecular flexibility index (Phi) is 26.0. The first-order chi connectivity index (χ1) is 49.5. The van der Waals surface area contributed by atoms with Gasteiger partial charge in [0.25, 0.3) is 0 Å². The number of hydrogen-bond acceptors (Lipinski definition) is 19. The van der Waals surface area contributed by atoms with E-state index < -0.39 is 122 Å². The first kappa shape index (κ1) is 71.8. The number of rotatable bonds is 33. The Balaban J connectivity index is 0.943. The van der Waals surface area contributed by atoms with E-state index >= 15 is 4.79 Å². The van der Waals surface area contributed by atoms with E-state index in [1.807, 2.05) is 243 Å². The van der Waals surface area contributed by atoms with E-state index in [-0.39, 0.29) is 66.1 Å². The van der Waals surface area contributed by atoms with Crippen LogP contribution < -0.4 is 10.6 Å². The Morgan fingerprint density at radius 3 is 1.31 bits per heavy atom. The number of carbonyl (C=O) groups excluding carboxylic acids is 4. The van der Waals surface area contributed by atoms with Gasteiger partial charge in [-0.3, -0.25) is 4.79 Å². The van der Waals surface area contributed by atoms with E-state index in [4.69, 9.17) is 71.1 Å². The van der Waals surface area contributed by atoms with Crippen LogP contribution in [0.1, 0.15) is 58.4 Å². The fourth-order valence-electron chi connectivity index (χ4n) is 12.5. The summed E-state index contributed by atoms with van der Waals surface area (Å²) >= 11 is 0. The van der Waals surface area contributed by atoms with Crippen molar-refractivity contribution in [2.75, 3.05) is 13.2 Å². The highest BCUT2D eigenvalue weighted by Gasteiger charge is 2.62. The zero-order valence-corrected chi connectivity index (χ0v) is 56.2. The number of nitrogens with one attached hydrogen (secondary N) is 2. The molecule has 16 atom stereocenters. The smallest absolute Gasteiger partial charge is 0.407 e. The molecule has 101 heavy (non-hydrogen) atoms. The predicted molar refractivity (Wildman–Crippen MR) is 366 cm³/mol. The Bertz CT molecular complexity index is 3800. The summed E-state index contributed by atoms with van der Waals surface area (Å²) in [6.45, 7) is 3.10. The maximum atomic E-state index is 15.5. The van der Waals surface area contributed by atoms with E-state index in [1.54, 1.807) is 6.92 Å². The first-order valence-corrected chi connectivity index (χ1v) is 34.0. The van der Waals surface area contributed by atoms with Crippen LogP contribution in [0.4, 0.5) is 4.79 Å². The molecule has 2 bridgehead atoms. The van der Waals surface area contributed by atoms with Crippen molar-refractivity contribution in [2.24, 2.45) is 0 Å². The third-order valence-electron chi connectivity index (χ3n) is 17.6. The molecular formula is C80H84N2O19. The van der Waals surface area contributed by atoms with Crippen molar-refractivity contribution in [2.45, 2.75) is 165 Å². The summed E-state index contributed by atoms with van der Waals surface area (Å²) in [5, 5.41) is 6.03. The Labute approximate surface area is 587 Å². The summed E-state index contributed by atoms with van der Waals surface area (Å²) in [6, 6.07) is 72.7. The number of ether oxygens (including phenoxy) is 15. The lowest BCUT2D eigenvalue weighted by Gasteiger charge is -2.50. The largest absolute Gasteiger partial charge is 0.459 e. The zero-order chi connectivity index (χ0) is 69.5. The highest BCUT2D eigenvalue weighted by atomic mass is 16.8. The van der Waals surface area contributed by atoms with Crippen LogP contribution in [0.3, 0.4) is 0 Å². The van der Waals surface area contributed by atoms with Crippen molar-refractivity contribution in [3.05, 3.63) is 287 Å². The quantitative estimate of drug-likeness (QED) is 0.0288. The molecule has 8 aromatic carbocycles. The molecule has 2 N–H and O–H groups in total. The fourth-order valence-corrected chi connectivity index (χ4v) is 12.5. The lowest BCUT2D eigenvalue weighted by atomic mass is 9.93. The first-order valence-electron chi connectivity index (χ1n) is 34.0. The van der Waals surface area contributed by atoms with E-state index in [0.717, 1.165) is 27.8 Å². The van der Waals surface area contributed by atoms with Gasteiger partial charge in [0, 0.05) is 6.92 Å². The molecule has 4 saturated heterocycles. The van der Waals surface area contributed by atoms with Crippen molar-refractivity contribution in [3.63, 3.8) is 0 Å². The number of alkyl carbamates (subject to hydrolysis) is 1. The van der Waals surface area contributed by atoms with Crippen molar-refractivity contribution < 1.29 is 90.2 Å². The number of benzene rings is 8. The van der Waals surface area contributed by atoms with Crippen molar-refractivity contribution in [1.29, 1.82) is 0 Å². The van der Waals surface area contributed by atoms with E-state index in [0.29, 0.717) is 16.7 Å². The third kappa shape index (κ3) is 20.2. The van der Waals surface area contributed by atoms with Gasteiger partial charge in [0.05, 0.1) is 65.0 Å². The van der Waals surface area contributed by atoms with Gasteiger partial charge in [-0.25, -0.2) is 14.4 Å². The van der Waals surface area contributed by atoms with Gasteiger partial charge in [-0.05, 0) is 51.4 Å². The minimum absolute atomic E-state index is 0.00711. The van der Waals surface area contributed by atoms with Crippen LogP contribution in [0.15, 0.2) is 243 Å².